The van der Waals surface area contributed by atoms with Crippen molar-refractivity contribution in [3.63, 3.8) is 0 Å². The highest BCUT2D eigenvalue weighted by atomic mass is 16.5. The lowest BCUT2D eigenvalue weighted by Gasteiger charge is -2.38. The zero-order valence-corrected chi connectivity index (χ0v) is 25.1. The number of aliphatic hydroxyl groups excluding tert-OH is 1. The molecule has 0 spiro atoms. The van der Waals surface area contributed by atoms with Gasteiger partial charge in [0.2, 0.25) is 0 Å². The Morgan fingerprint density at radius 1 is 0.814 bits per heavy atom. The van der Waals surface area contributed by atoms with Crippen LogP contribution in [-0.4, -0.2) is 17.3 Å². The molecule has 5 aromatic carbocycles. The lowest BCUT2D eigenvalue weighted by Crippen LogP contribution is -2.35. The van der Waals surface area contributed by atoms with Gasteiger partial charge in [0.1, 0.15) is 17.1 Å². The van der Waals surface area contributed by atoms with E-state index in [-0.39, 0.29) is 6.61 Å². The van der Waals surface area contributed by atoms with Crippen LogP contribution in [0.3, 0.4) is 0 Å². The Morgan fingerprint density at radius 2 is 1.51 bits per heavy atom. The Morgan fingerprint density at radius 3 is 2.19 bits per heavy atom. The van der Waals surface area contributed by atoms with Gasteiger partial charge in [-0.3, -0.25) is 0 Å². The van der Waals surface area contributed by atoms with Gasteiger partial charge < -0.3 is 19.7 Å². The molecule has 216 valence electrons. The summed E-state index contributed by atoms with van der Waals surface area (Å²) in [5.41, 5.74) is 7.70. The fourth-order valence-electron chi connectivity index (χ4n) is 7.09. The maximum absolute atomic E-state index is 12.7. The molecular formula is C39H36O4. The zero-order chi connectivity index (χ0) is 29.9. The summed E-state index contributed by atoms with van der Waals surface area (Å²) >= 11 is 0. The molecule has 2 aliphatic rings. The number of aliphatic hydroxyl groups is 2. The predicted octanol–water partition coefficient (Wildman–Crippen LogP) is 8.32. The Balaban J connectivity index is 1.56. The average molecular weight is 569 g/mol. The van der Waals surface area contributed by atoms with E-state index < -0.39 is 11.2 Å². The van der Waals surface area contributed by atoms with Crippen LogP contribution in [-0.2, 0) is 17.8 Å². The van der Waals surface area contributed by atoms with Crippen molar-refractivity contribution in [2.45, 2.75) is 51.4 Å². The molecule has 1 heterocycles. The summed E-state index contributed by atoms with van der Waals surface area (Å²) in [5, 5.41) is 24.7. The molecule has 4 heteroatoms. The monoisotopic (exact) mass is 568 g/mol. The van der Waals surface area contributed by atoms with Crippen LogP contribution in [0.25, 0.3) is 28.0 Å². The summed E-state index contributed by atoms with van der Waals surface area (Å²) in [7, 11) is 1.67. The number of rotatable bonds is 6. The van der Waals surface area contributed by atoms with Crippen LogP contribution in [0.2, 0.25) is 0 Å². The van der Waals surface area contributed by atoms with Gasteiger partial charge in [-0.1, -0.05) is 91.2 Å². The number of aryl methyl sites for hydroxylation is 2. The van der Waals surface area contributed by atoms with E-state index in [9.17, 15) is 10.2 Å². The van der Waals surface area contributed by atoms with Gasteiger partial charge in [-0.15, -0.1) is 0 Å². The van der Waals surface area contributed by atoms with Gasteiger partial charge in [0.25, 0.3) is 0 Å². The minimum absolute atomic E-state index is 0.0756. The fourth-order valence-corrected chi connectivity index (χ4v) is 7.09. The molecular weight excluding hydrogens is 532 g/mol. The van der Waals surface area contributed by atoms with Gasteiger partial charge in [-0.25, -0.2) is 0 Å². The molecule has 2 atom stereocenters. The van der Waals surface area contributed by atoms with E-state index in [2.05, 4.69) is 93.6 Å². The van der Waals surface area contributed by atoms with E-state index in [1.165, 1.54) is 5.56 Å². The zero-order valence-electron chi connectivity index (χ0n) is 25.1. The maximum Gasteiger partial charge on any atom is 0.178 e. The van der Waals surface area contributed by atoms with E-state index in [0.29, 0.717) is 6.42 Å². The smallest absolute Gasteiger partial charge is 0.178 e. The van der Waals surface area contributed by atoms with Crippen molar-refractivity contribution in [2.75, 3.05) is 7.11 Å². The third-order valence-electron chi connectivity index (χ3n) is 9.21. The third-order valence-corrected chi connectivity index (χ3v) is 9.21. The molecule has 5 aromatic rings. The van der Waals surface area contributed by atoms with Crippen molar-refractivity contribution in [1.82, 2.24) is 0 Å². The van der Waals surface area contributed by atoms with Crippen LogP contribution in [0.4, 0.5) is 0 Å². The largest absolute Gasteiger partial charge is 0.497 e. The number of hydrogen-bond acceptors (Lipinski definition) is 4. The number of methoxy groups -OCH3 is 1. The van der Waals surface area contributed by atoms with Gasteiger partial charge in [0, 0.05) is 27.6 Å². The normalized spacial score (nSPS) is 20.0. The molecule has 2 unspecified atom stereocenters. The predicted molar refractivity (Wildman–Crippen MR) is 173 cm³/mol. The first-order chi connectivity index (χ1) is 20.8. The average Bonchev–Trinajstić information content (AvgIpc) is 3.29. The topological polar surface area (TPSA) is 58.9 Å². The van der Waals surface area contributed by atoms with Gasteiger partial charge in [0.05, 0.1) is 13.7 Å². The minimum Gasteiger partial charge on any atom is -0.497 e. The molecule has 0 saturated carbocycles. The molecule has 2 N–H and O–H groups in total. The number of hydrogen-bond donors (Lipinski definition) is 2. The summed E-state index contributed by atoms with van der Waals surface area (Å²) in [4.78, 5) is 0. The van der Waals surface area contributed by atoms with E-state index in [4.69, 9.17) is 9.47 Å². The van der Waals surface area contributed by atoms with Gasteiger partial charge in [-0.2, -0.15) is 0 Å². The lowest BCUT2D eigenvalue weighted by molar-refractivity contribution is 0.0736. The molecule has 0 fully saturated rings. The van der Waals surface area contributed by atoms with Gasteiger partial charge in [-0.05, 0) is 78.2 Å². The fraction of sp³-hybridized carbons (Fsp3) is 0.231. The van der Waals surface area contributed by atoms with Crippen LogP contribution < -0.4 is 9.47 Å². The second-order valence-corrected chi connectivity index (χ2v) is 12.0. The Kier molecular flexibility index (Phi) is 6.46. The number of ether oxygens (including phenoxy) is 2. The standard InChI is InChI=1S/C39H36O4/c1-5-19-38(41)34-22-26(23-40)9-17-31(34)35-30-16-8-25(3)21-33(30)37-32(36(35)38)18-20-39(43-37,27-10-6-24(2)7-11-27)28-12-14-29(42-4)15-13-28/h6-18,20-22,40-41H,5,19,23H2,1-4H3. The SMILES string of the molecule is CCCC1(O)c2cc(CO)ccc2-c2c1c1c(c3cc(C)ccc23)OC(c2ccc(C)cc2)(c2ccc(OC)cc2)C=C1. The summed E-state index contributed by atoms with van der Waals surface area (Å²) in [6.45, 7) is 6.21. The molecule has 7 rings (SSSR count). The first kappa shape index (κ1) is 27.5. The highest BCUT2D eigenvalue weighted by Gasteiger charge is 2.47. The highest BCUT2D eigenvalue weighted by Crippen LogP contribution is 2.59. The Bertz CT molecular complexity index is 1900. The van der Waals surface area contributed by atoms with Crippen molar-refractivity contribution in [2.24, 2.45) is 0 Å². The van der Waals surface area contributed by atoms with Gasteiger partial charge in [0.15, 0.2) is 5.60 Å². The first-order valence-corrected chi connectivity index (χ1v) is 15.0. The second kappa shape index (κ2) is 10.1. The van der Waals surface area contributed by atoms with E-state index in [0.717, 1.165) is 78.8 Å². The van der Waals surface area contributed by atoms with E-state index in [1.807, 2.05) is 24.3 Å². The van der Waals surface area contributed by atoms with Crippen molar-refractivity contribution in [3.8, 4) is 22.6 Å². The minimum atomic E-state index is -1.22. The van der Waals surface area contributed by atoms with Crippen LogP contribution in [0.1, 0.15) is 64.3 Å². The maximum atomic E-state index is 12.7. The molecule has 0 bridgehead atoms. The summed E-state index contributed by atoms with van der Waals surface area (Å²) in [6.07, 6.45) is 5.64. The van der Waals surface area contributed by atoms with Gasteiger partial charge >= 0.3 is 0 Å². The van der Waals surface area contributed by atoms with Crippen LogP contribution >= 0.6 is 0 Å². The molecule has 0 aromatic heterocycles. The summed E-state index contributed by atoms with van der Waals surface area (Å²) in [5.74, 6) is 1.55. The highest BCUT2D eigenvalue weighted by molar-refractivity contribution is 6.08. The summed E-state index contributed by atoms with van der Waals surface area (Å²) < 4.78 is 12.8. The Labute approximate surface area is 252 Å². The molecule has 1 aliphatic heterocycles. The molecule has 0 saturated heterocycles. The Hall–Kier alpha value is -4.38. The third kappa shape index (κ3) is 4.05. The van der Waals surface area contributed by atoms with Crippen molar-refractivity contribution in [1.29, 1.82) is 0 Å². The van der Waals surface area contributed by atoms with Crippen molar-refractivity contribution < 1.29 is 19.7 Å². The van der Waals surface area contributed by atoms with E-state index >= 15 is 0 Å². The van der Waals surface area contributed by atoms with Crippen LogP contribution in [0.15, 0.2) is 91.0 Å². The van der Waals surface area contributed by atoms with Crippen LogP contribution in [0.5, 0.6) is 11.5 Å². The van der Waals surface area contributed by atoms with Crippen molar-refractivity contribution >= 4 is 16.8 Å². The molecule has 1 aliphatic carbocycles. The molecule has 4 nitrogen and oxygen atoms in total. The number of fused-ring (bicyclic) bond motifs is 8. The van der Waals surface area contributed by atoms with Crippen molar-refractivity contribution in [3.05, 3.63) is 136 Å². The van der Waals surface area contributed by atoms with E-state index in [1.54, 1.807) is 7.11 Å². The summed E-state index contributed by atoms with van der Waals surface area (Å²) in [6, 6.07) is 29.0. The molecule has 0 radical (unpaired) electrons. The first-order valence-electron chi connectivity index (χ1n) is 15.0. The second-order valence-electron chi connectivity index (χ2n) is 12.0. The lowest BCUT2D eigenvalue weighted by atomic mass is 9.79. The number of benzene rings is 5. The molecule has 0 amide bonds. The molecule has 43 heavy (non-hydrogen) atoms. The van der Waals surface area contributed by atoms with Crippen LogP contribution in [0, 0.1) is 13.8 Å². The quantitative estimate of drug-likeness (QED) is 0.216.